The molecule has 1 heteroatoms. The Balaban J connectivity index is 1.65. The third kappa shape index (κ3) is 5.06. The molecule has 0 spiro atoms. The summed E-state index contributed by atoms with van der Waals surface area (Å²) in [6.45, 7) is 9.44. The Hall–Kier alpha value is -0.0400. The van der Waals surface area contributed by atoms with Gasteiger partial charge in [0.15, 0.2) is 0 Å². The lowest BCUT2D eigenvalue weighted by molar-refractivity contribution is 0.219. The second-order valence-corrected chi connectivity index (χ2v) is 8.21. The summed E-state index contributed by atoms with van der Waals surface area (Å²) in [5.41, 5.74) is 0.688. The Labute approximate surface area is 127 Å². The molecule has 2 unspecified atom stereocenters. The number of rotatable bonds is 11. The maximum atomic E-state index is 3.77. The van der Waals surface area contributed by atoms with Gasteiger partial charge in [-0.15, -0.1) is 0 Å². The van der Waals surface area contributed by atoms with E-state index in [9.17, 15) is 0 Å². The Kier molecular flexibility index (Phi) is 6.39. The number of fused-ring (bicyclic) bond motifs is 1. The van der Waals surface area contributed by atoms with Crippen molar-refractivity contribution in [1.29, 1.82) is 0 Å². The van der Waals surface area contributed by atoms with Crippen molar-refractivity contribution in [3.63, 3.8) is 0 Å². The predicted molar refractivity (Wildman–Crippen MR) is 89.0 cm³/mol. The molecule has 0 heterocycles. The summed E-state index contributed by atoms with van der Waals surface area (Å²) in [7, 11) is 0. The highest BCUT2D eigenvalue weighted by Gasteiger charge is 2.52. The van der Waals surface area contributed by atoms with Gasteiger partial charge >= 0.3 is 0 Å². The molecule has 118 valence electrons. The molecule has 0 aromatic carbocycles. The number of hydrogen-bond acceptors (Lipinski definition) is 1. The SMILES string of the molecule is CCCCCCCCC1(CNCC(C)C)CC2CC2C1. The number of unbranched alkanes of at least 4 members (excludes halogenated alkanes) is 5. The molecule has 1 nitrogen and oxygen atoms in total. The van der Waals surface area contributed by atoms with E-state index in [0.717, 1.165) is 17.8 Å². The Morgan fingerprint density at radius 3 is 2.30 bits per heavy atom. The van der Waals surface area contributed by atoms with Crippen LogP contribution < -0.4 is 5.32 Å². The van der Waals surface area contributed by atoms with E-state index in [4.69, 9.17) is 0 Å². The zero-order valence-corrected chi connectivity index (χ0v) is 14.2. The van der Waals surface area contributed by atoms with Crippen molar-refractivity contribution in [2.24, 2.45) is 23.2 Å². The Morgan fingerprint density at radius 2 is 1.65 bits per heavy atom. The van der Waals surface area contributed by atoms with Crippen molar-refractivity contribution in [3.05, 3.63) is 0 Å². The molecule has 2 aliphatic carbocycles. The summed E-state index contributed by atoms with van der Waals surface area (Å²) in [4.78, 5) is 0. The summed E-state index contributed by atoms with van der Waals surface area (Å²) in [5.74, 6) is 3.03. The second-order valence-electron chi connectivity index (χ2n) is 8.21. The molecule has 0 aromatic rings. The van der Waals surface area contributed by atoms with Crippen LogP contribution in [0.2, 0.25) is 0 Å². The summed E-state index contributed by atoms with van der Waals surface area (Å²) in [6, 6.07) is 0. The van der Waals surface area contributed by atoms with Crippen molar-refractivity contribution in [2.45, 2.75) is 85.0 Å². The van der Waals surface area contributed by atoms with Gasteiger partial charge in [-0.1, -0.05) is 59.3 Å². The second kappa shape index (κ2) is 7.82. The summed E-state index contributed by atoms with van der Waals surface area (Å²) in [5, 5.41) is 3.77. The molecule has 20 heavy (non-hydrogen) atoms. The Bertz CT molecular complexity index is 261. The molecular weight excluding hydrogens is 242 g/mol. The van der Waals surface area contributed by atoms with Crippen LogP contribution >= 0.6 is 0 Å². The van der Waals surface area contributed by atoms with Gasteiger partial charge in [-0.25, -0.2) is 0 Å². The normalized spacial score (nSPS) is 31.8. The van der Waals surface area contributed by atoms with Crippen molar-refractivity contribution < 1.29 is 0 Å². The van der Waals surface area contributed by atoms with Crippen LogP contribution in [0.5, 0.6) is 0 Å². The zero-order chi connectivity index (χ0) is 14.4. The van der Waals surface area contributed by atoms with Gasteiger partial charge in [-0.2, -0.15) is 0 Å². The molecule has 0 amide bonds. The lowest BCUT2D eigenvalue weighted by Gasteiger charge is -2.32. The van der Waals surface area contributed by atoms with Gasteiger partial charge in [0.05, 0.1) is 0 Å². The van der Waals surface area contributed by atoms with Crippen LogP contribution in [0.25, 0.3) is 0 Å². The molecule has 2 saturated carbocycles. The molecule has 2 atom stereocenters. The lowest BCUT2D eigenvalue weighted by Crippen LogP contribution is -2.35. The van der Waals surface area contributed by atoms with E-state index in [-0.39, 0.29) is 0 Å². The van der Waals surface area contributed by atoms with E-state index in [1.807, 2.05) is 0 Å². The highest BCUT2D eigenvalue weighted by atomic mass is 14.9. The van der Waals surface area contributed by atoms with E-state index >= 15 is 0 Å². The number of hydrogen-bond donors (Lipinski definition) is 1. The van der Waals surface area contributed by atoms with Crippen molar-refractivity contribution >= 4 is 0 Å². The minimum Gasteiger partial charge on any atom is -0.316 e. The van der Waals surface area contributed by atoms with E-state index in [1.54, 1.807) is 6.42 Å². The summed E-state index contributed by atoms with van der Waals surface area (Å²) in [6.07, 6.45) is 14.8. The van der Waals surface area contributed by atoms with Crippen molar-refractivity contribution in [2.75, 3.05) is 13.1 Å². The van der Waals surface area contributed by atoms with E-state index in [2.05, 4.69) is 26.1 Å². The standard InChI is InChI=1S/C19H37N/c1-4-5-6-7-8-9-10-19(15-20-14-16(2)3)12-17-11-18(17)13-19/h16-18,20H,4-15H2,1-3H3. The third-order valence-corrected chi connectivity index (χ3v) is 5.57. The average Bonchev–Trinajstić information content (AvgIpc) is 3.02. The van der Waals surface area contributed by atoms with Gasteiger partial charge in [0.1, 0.15) is 0 Å². The van der Waals surface area contributed by atoms with Crippen LogP contribution in [0.1, 0.15) is 85.0 Å². The van der Waals surface area contributed by atoms with Crippen LogP contribution in [-0.2, 0) is 0 Å². The quantitative estimate of drug-likeness (QED) is 0.499. The van der Waals surface area contributed by atoms with Gasteiger partial charge in [-0.05, 0) is 55.4 Å². The lowest BCUT2D eigenvalue weighted by atomic mass is 9.78. The first-order chi connectivity index (χ1) is 9.65. The highest BCUT2D eigenvalue weighted by Crippen LogP contribution is 2.61. The first-order valence-electron chi connectivity index (χ1n) is 9.36. The number of nitrogens with one attached hydrogen (secondary N) is 1. The summed E-state index contributed by atoms with van der Waals surface area (Å²) < 4.78 is 0. The van der Waals surface area contributed by atoms with E-state index in [1.165, 1.54) is 70.9 Å². The Morgan fingerprint density at radius 1 is 1.00 bits per heavy atom. The molecule has 0 aromatic heterocycles. The fraction of sp³-hybridized carbons (Fsp3) is 1.00. The first kappa shape index (κ1) is 16.3. The van der Waals surface area contributed by atoms with Crippen LogP contribution in [0.3, 0.4) is 0 Å². The maximum absolute atomic E-state index is 3.77. The highest BCUT2D eigenvalue weighted by molar-refractivity contribution is 5.04. The van der Waals surface area contributed by atoms with Gasteiger partial charge < -0.3 is 5.32 Å². The zero-order valence-electron chi connectivity index (χ0n) is 14.2. The minimum absolute atomic E-state index is 0.688. The van der Waals surface area contributed by atoms with Crippen molar-refractivity contribution in [1.82, 2.24) is 5.32 Å². The van der Waals surface area contributed by atoms with Crippen LogP contribution in [0.4, 0.5) is 0 Å². The smallest absolute Gasteiger partial charge is 0.000813 e. The molecule has 0 saturated heterocycles. The minimum atomic E-state index is 0.688. The molecule has 0 radical (unpaired) electrons. The molecule has 0 bridgehead atoms. The maximum Gasteiger partial charge on any atom is 0.000813 e. The molecule has 2 rings (SSSR count). The van der Waals surface area contributed by atoms with E-state index in [0.29, 0.717) is 5.41 Å². The molecule has 2 fully saturated rings. The predicted octanol–water partition coefficient (Wildman–Crippen LogP) is 5.40. The fourth-order valence-electron chi connectivity index (χ4n) is 4.35. The fourth-order valence-corrected chi connectivity index (χ4v) is 4.35. The molecule has 2 aliphatic rings. The first-order valence-corrected chi connectivity index (χ1v) is 9.36. The monoisotopic (exact) mass is 279 g/mol. The largest absolute Gasteiger partial charge is 0.316 e. The van der Waals surface area contributed by atoms with Gasteiger partial charge in [0, 0.05) is 6.54 Å². The topological polar surface area (TPSA) is 12.0 Å². The van der Waals surface area contributed by atoms with E-state index < -0.39 is 0 Å². The molecular formula is C19H37N. The summed E-state index contributed by atoms with van der Waals surface area (Å²) >= 11 is 0. The molecule has 1 N–H and O–H groups in total. The van der Waals surface area contributed by atoms with Crippen LogP contribution in [0, 0.1) is 23.2 Å². The average molecular weight is 280 g/mol. The van der Waals surface area contributed by atoms with Gasteiger partial charge in [0.25, 0.3) is 0 Å². The van der Waals surface area contributed by atoms with Gasteiger partial charge in [0.2, 0.25) is 0 Å². The van der Waals surface area contributed by atoms with Crippen LogP contribution in [0.15, 0.2) is 0 Å². The van der Waals surface area contributed by atoms with Crippen LogP contribution in [-0.4, -0.2) is 13.1 Å². The van der Waals surface area contributed by atoms with Crippen molar-refractivity contribution in [3.8, 4) is 0 Å². The third-order valence-electron chi connectivity index (χ3n) is 5.57. The van der Waals surface area contributed by atoms with Gasteiger partial charge in [-0.3, -0.25) is 0 Å². The molecule has 0 aliphatic heterocycles.